The summed E-state index contributed by atoms with van der Waals surface area (Å²) in [6, 6.07) is 4.00. The highest BCUT2D eigenvalue weighted by Crippen LogP contribution is 2.38. The van der Waals surface area contributed by atoms with Crippen LogP contribution in [0.1, 0.15) is 27.1 Å². The highest BCUT2D eigenvalue weighted by molar-refractivity contribution is 9.11. The van der Waals surface area contributed by atoms with Gasteiger partial charge in [0.1, 0.15) is 5.76 Å². The van der Waals surface area contributed by atoms with Crippen LogP contribution in [0.3, 0.4) is 0 Å². The van der Waals surface area contributed by atoms with E-state index in [1.807, 2.05) is 13.0 Å². The number of hydrogen-bond acceptors (Lipinski definition) is 2. The fourth-order valence-electron chi connectivity index (χ4n) is 1.54. The highest BCUT2D eigenvalue weighted by Gasteiger charge is 2.18. The molecule has 0 saturated heterocycles. The van der Waals surface area contributed by atoms with Gasteiger partial charge in [-0.05, 0) is 47.5 Å². The minimum Gasteiger partial charge on any atom is -0.469 e. The van der Waals surface area contributed by atoms with E-state index in [1.165, 1.54) is 4.88 Å². The molecule has 2 heterocycles. The van der Waals surface area contributed by atoms with E-state index >= 15 is 0 Å². The summed E-state index contributed by atoms with van der Waals surface area (Å²) >= 11 is 11.6. The lowest BCUT2D eigenvalue weighted by atomic mass is 10.1. The Morgan fingerprint density at radius 3 is 2.60 bits per heavy atom. The van der Waals surface area contributed by atoms with Crippen molar-refractivity contribution in [3.05, 3.63) is 43.9 Å². The van der Waals surface area contributed by atoms with E-state index in [4.69, 9.17) is 16.0 Å². The number of thiophene rings is 1. The Hall–Kier alpha value is -0.250. The molecule has 0 spiro atoms. The van der Waals surface area contributed by atoms with Crippen LogP contribution in [0.2, 0.25) is 0 Å². The van der Waals surface area contributed by atoms with E-state index in [1.54, 1.807) is 17.6 Å². The second-order valence-corrected chi connectivity index (χ2v) is 6.43. The topological polar surface area (TPSA) is 13.1 Å². The molecule has 0 aromatic carbocycles. The first-order valence-electron chi connectivity index (χ1n) is 4.53. The molecule has 0 aliphatic carbocycles. The minimum atomic E-state index is -0.119. The van der Waals surface area contributed by atoms with E-state index in [-0.39, 0.29) is 5.38 Å². The van der Waals surface area contributed by atoms with Crippen molar-refractivity contribution in [1.29, 1.82) is 0 Å². The van der Waals surface area contributed by atoms with Crippen LogP contribution in [-0.2, 0) is 0 Å². The molecule has 0 radical (unpaired) electrons. The number of halogens is 2. The molecule has 0 N–H and O–H groups in total. The molecule has 1 unspecified atom stereocenters. The lowest BCUT2D eigenvalue weighted by Crippen LogP contribution is -1.92. The molecule has 0 amide bonds. The Balaban J connectivity index is 2.40. The lowest BCUT2D eigenvalue weighted by molar-refractivity contribution is 0.530. The van der Waals surface area contributed by atoms with Gasteiger partial charge in [-0.3, -0.25) is 0 Å². The monoisotopic (exact) mass is 304 g/mol. The van der Waals surface area contributed by atoms with Crippen LogP contribution in [0.15, 0.2) is 26.6 Å². The number of furan rings is 1. The normalized spacial score (nSPS) is 13.1. The molecule has 2 rings (SSSR count). The number of aryl methyl sites for hydroxylation is 2. The third-order valence-corrected chi connectivity index (χ3v) is 4.41. The lowest BCUT2D eigenvalue weighted by Gasteiger charge is -2.07. The molecule has 4 heteroatoms. The van der Waals surface area contributed by atoms with Gasteiger partial charge >= 0.3 is 0 Å². The van der Waals surface area contributed by atoms with Gasteiger partial charge < -0.3 is 4.42 Å². The molecule has 2 aromatic rings. The maximum absolute atomic E-state index is 6.42. The van der Waals surface area contributed by atoms with Crippen LogP contribution < -0.4 is 0 Å². The predicted molar refractivity (Wildman–Crippen MR) is 67.9 cm³/mol. The Bertz CT molecular complexity index is 475. The van der Waals surface area contributed by atoms with Gasteiger partial charge in [0.25, 0.3) is 0 Å². The molecule has 1 nitrogen and oxygen atoms in total. The molecule has 0 bridgehead atoms. The second-order valence-electron chi connectivity index (χ2n) is 3.36. The van der Waals surface area contributed by atoms with Crippen molar-refractivity contribution in [1.82, 2.24) is 0 Å². The van der Waals surface area contributed by atoms with Gasteiger partial charge in [-0.1, -0.05) is 0 Å². The Morgan fingerprint density at radius 2 is 2.13 bits per heavy atom. The van der Waals surface area contributed by atoms with Crippen molar-refractivity contribution in [2.75, 3.05) is 0 Å². The van der Waals surface area contributed by atoms with Gasteiger partial charge in [0.05, 0.1) is 15.4 Å². The fourth-order valence-corrected chi connectivity index (χ4v) is 3.80. The number of hydrogen-bond donors (Lipinski definition) is 0. The summed E-state index contributed by atoms with van der Waals surface area (Å²) in [5.41, 5.74) is 2.20. The van der Waals surface area contributed by atoms with Gasteiger partial charge in [-0.15, -0.1) is 22.9 Å². The first kappa shape index (κ1) is 11.2. The smallest absolute Gasteiger partial charge is 0.105 e. The summed E-state index contributed by atoms with van der Waals surface area (Å²) in [6.07, 6.45) is 1.68. The van der Waals surface area contributed by atoms with Crippen molar-refractivity contribution in [3.8, 4) is 0 Å². The molecule has 80 valence electrons. The largest absolute Gasteiger partial charge is 0.469 e. The van der Waals surface area contributed by atoms with Crippen molar-refractivity contribution in [2.24, 2.45) is 0 Å². The molecule has 0 aliphatic rings. The van der Waals surface area contributed by atoms with E-state index in [2.05, 4.69) is 28.9 Å². The molecular formula is C11H10BrClOS. The molecule has 0 aliphatic heterocycles. The van der Waals surface area contributed by atoms with Crippen LogP contribution in [0.4, 0.5) is 0 Å². The van der Waals surface area contributed by atoms with E-state index in [9.17, 15) is 0 Å². The SMILES string of the molecule is Cc1occc1C(Cl)c1cc(Br)sc1C. The van der Waals surface area contributed by atoms with Crippen LogP contribution in [0.5, 0.6) is 0 Å². The van der Waals surface area contributed by atoms with Crippen molar-refractivity contribution in [3.63, 3.8) is 0 Å². The zero-order chi connectivity index (χ0) is 11.0. The Morgan fingerprint density at radius 1 is 1.40 bits per heavy atom. The standard InChI is InChI=1S/C11H10BrClOS/c1-6-8(3-4-14-6)11(13)9-5-10(12)15-7(9)2/h3-5,11H,1-2H3. The summed E-state index contributed by atoms with van der Waals surface area (Å²) in [5, 5.41) is -0.119. The van der Waals surface area contributed by atoms with Gasteiger partial charge in [0.2, 0.25) is 0 Å². The third kappa shape index (κ3) is 2.14. The van der Waals surface area contributed by atoms with E-state index in [0.717, 1.165) is 20.7 Å². The second kappa shape index (κ2) is 4.32. The maximum atomic E-state index is 6.42. The molecule has 2 aromatic heterocycles. The molecule has 0 fully saturated rings. The summed E-state index contributed by atoms with van der Waals surface area (Å²) in [4.78, 5) is 1.24. The maximum Gasteiger partial charge on any atom is 0.105 e. The molecule has 1 atom stereocenters. The summed E-state index contributed by atoms with van der Waals surface area (Å²) in [7, 11) is 0. The zero-order valence-corrected chi connectivity index (χ0v) is 11.5. The van der Waals surface area contributed by atoms with Gasteiger partial charge in [-0.2, -0.15) is 0 Å². The minimum absolute atomic E-state index is 0.119. The summed E-state index contributed by atoms with van der Waals surface area (Å²) in [5.74, 6) is 0.886. The fraction of sp³-hybridized carbons (Fsp3) is 0.273. The number of rotatable bonds is 2. The van der Waals surface area contributed by atoms with E-state index < -0.39 is 0 Å². The molecule has 0 saturated carbocycles. The molecule has 15 heavy (non-hydrogen) atoms. The van der Waals surface area contributed by atoms with Crippen LogP contribution in [-0.4, -0.2) is 0 Å². The highest BCUT2D eigenvalue weighted by atomic mass is 79.9. The quantitative estimate of drug-likeness (QED) is 0.708. The Labute approximate surface area is 106 Å². The summed E-state index contributed by atoms with van der Waals surface area (Å²) < 4.78 is 6.37. The zero-order valence-electron chi connectivity index (χ0n) is 8.38. The van der Waals surface area contributed by atoms with E-state index in [0.29, 0.717) is 0 Å². The third-order valence-electron chi connectivity index (χ3n) is 2.37. The van der Waals surface area contributed by atoms with Crippen molar-refractivity contribution in [2.45, 2.75) is 19.2 Å². The van der Waals surface area contributed by atoms with Crippen LogP contribution in [0.25, 0.3) is 0 Å². The van der Waals surface area contributed by atoms with Crippen molar-refractivity contribution >= 4 is 38.9 Å². The Kier molecular flexibility index (Phi) is 3.24. The van der Waals surface area contributed by atoms with Gasteiger partial charge in [0.15, 0.2) is 0 Å². The summed E-state index contributed by atoms with van der Waals surface area (Å²) in [6.45, 7) is 4.01. The van der Waals surface area contributed by atoms with Crippen LogP contribution >= 0.6 is 38.9 Å². The number of alkyl halides is 1. The average Bonchev–Trinajstić information content (AvgIpc) is 2.71. The predicted octanol–water partition coefficient (Wildman–Crippen LogP) is 5.05. The van der Waals surface area contributed by atoms with Crippen LogP contribution in [0, 0.1) is 13.8 Å². The van der Waals surface area contributed by atoms with Gasteiger partial charge in [-0.25, -0.2) is 0 Å². The first-order chi connectivity index (χ1) is 7.09. The first-order valence-corrected chi connectivity index (χ1v) is 6.58. The average molecular weight is 306 g/mol. The molecular weight excluding hydrogens is 296 g/mol. The van der Waals surface area contributed by atoms with Crippen molar-refractivity contribution < 1.29 is 4.42 Å². The van der Waals surface area contributed by atoms with Gasteiger partial charge in [0, 0.05) is 10.4 Å².